The van der Waals surface area contributed by atoms with Gasteiger partial charge in [-0.3, -0.25) is 0 Å². The highest BCUT2D eigenvalue weighted by atomic mass is 35.5. The van der Waals surface area contributed by atoms with Crippen LogP contribution in [0.1, 0.15) is 31.4 Å². The van der Waals surface area contributed by atoms with E-state index in [1.54, 1.807) is 12.1 Å². The molecule has 0 spiro atoms. The van der Waals surface area contributed by atoms with Crippen LogP contribution in [-0.4, -0.2) is 0 Å². The van der Waals surface area contributed by atoms with Crippen LogP contribution < -0.4 is 5.73 Å². The third-order valence-electron chi connectivity index (χ3n) is 2.11. The lowest BCUT2D eigenvalue weighted by molar-refractivity contribution is 0.668. The minimum absolute atomic E-state index is 0.1000. The van der Waals surface area contributed by atoms with Crippen molar-refractivity contribution in [2.45, 2.75) is 25.8 Å². The van der Waals surface area contributed by atoms with E-state index in [1.807, 2.05) is 13.0 Å². The van der Waals surface area contributed by atoms with Crippen LogP contribution in [0.5, 0.6) is 0 Å². The fourth-order valence-electron chi connectivity index (χ4n) is 1.31. The highest BCUT2D eigenvalue weighted by molar-refractivity contribution is 6.33. The van der Waals surface area contributed by atoms with Gasteiger partial charge in [-0.1, -0.05) is 23.2 Å². The molecule has 1 aromatic carbocycles. The van der Waals surface area contributed by atoms with Gasteiger partial charge in [-0.05, 0) is 37.1 Å². The van der Waals surface area contributed by atoms with Gasteiger partial charge < -0.3 is 5.73 Å². The molecule has 0 fully saturated rings. The fraction of sp³-hybridized carbons (Fsp3) is 0.333. The predicted molar refractivity (Wildman–Crippen MR) is 66.1 cm³/mol. The first-order valence-corrected chi connectivity index (χ1v) is 5.51. The highest BCUT2D eigenvalue weighted by Gasteiger charge is 2.09. The molecular formula is C12H13Cl2N. The average Bonchev–Trinajstić information content (AvgIpc) is 2.22. The molecule has 0 aliphatic heterocycles. The summed E-state index contributed by atoms with van der Waals surface area (Å²) < 4.78 is 0. The van der Waals surface area contributed by atoms with Crippen LogP contribution in [0.15, 0.2) is 18.2 Å². The Bertz CT molecular complexity index is 390. The van der Waals surface area contributed by atoms with Gasteiger partial charge in [0.2, 0.25) is 0 Å². The Kier molecular flexibility index (Phi) is 4.98. The van der Waals surface area contributed by atoms with Crippen molar-refractivity contribution in [3.05, 3.63) is 33.8 Å². The molecule has 0 saturated carbocycles. The maximum atomic E-state index is 6.03. The summed E-state index contributed by atoms with van der Waals surface area (Å²) in [4.78, 5) is 0. The average molecular weight is 242 g/mol. The lowest BCUT2D eigenvalue weighted by Gasteiger charge is -2.12. The second-order valence-electron chi connectivity index (χ2n) is 3.24. The standard InChI is InChI=1S/C12H13Cl2N/c1-2-3-4-5-12(15)10-8-9(13)6-7-11(10)14/h6-8,12H,4-5,15H2,1H3. The van der Waals surface area contributed by atoms with E-state index >= 15 is 0 Å². The van der Waals surface area contributed by atoms with E-state index < -0.39 is 0 Å². The van der Waals surface area contributed by atoms with Crippen molar-refractivity contribution in [3.63, 3.8) is 0 Å². The summed E-state index contributed by atoms with van der Waals surface area (Å²) in [6, 6.07) is 5.24. The molecule has 0 saturated heterocycles. The van der Waals surface area contributed by atoms with Gasteiger partial charge in [0.15, 0.2) is 0 Å². The van der Waals surface area contributed by atoms with Gasteiger partial charge in [0.25, 0.3) is 0 Å². The summed E-state index contributed by atoms with van der Waals surface area (Å²) in [5, 5.41) is 1.32. The van der Waals surface area contributed by atoms with Crippen molar-refractivity contribution in [1.29, 1.82) is 0 Å². The van der Waals surface area contributed by atoms with Crippen LogP contribution in [0.2, 0.25) is 10.0 Å². The van der Waals surface area contributed by atoms with Crippen LogP contribution in [0.3, 0.4) is 0 Å². The monoisotopic (exact) mass is 241 g/mol. The zero-order valence-electron chi connectivity index (χ0n) is 8.56. The molecule has 0 radical (unpaired) electrons. The quantitative estimate of drug-likeness (QED) is 0.801. The second-order valence-corrected chi connectivity index (χ2v) is 4.08. The smallest absolute Gasteiger partial charge is 0.0454 e. The Labute approximate surface area is 101 Å². The molecule has 0 heterocycles. The molecule has 0 bridgehead atoms. The summed E-state index contributed by atoms with van der Waals surface area (Å²) in [6.07, 6.45) is 1.57. The minimum atomic E-state index is -0.1000. The Morgan fingerprint density at radius 2 is 2.13 bits per heavy atom. The summed E-state index contributed by atoms with van der Waals surface area (Å²) in [6.45, 7) is 1.82. The Balaban J connectivity index is 2.74. The predicted octanol–water partition coefficient (Wildman–Crippen LogP) is 3.80. The third kappa shape index (κ3) is 3.76. The first-order chi connectivity index (χ1) is 7.15. The van der Waals surface area contributed by atoms with E-state index in [4.69, 9.17) is 28.9 Å². The number of hydrogen-bond acceptors (Lipinski definition) is 1. The van der Waals surface area contributed by atoms with Crippen molar-refractivity contribution in [2.24, 2.45) is 5.73 Å². The van der Waals surface area contributed by atoms with E-state index in [-0.39, 0.29) is 6.04 Å². The molecule has 0 aliphatic rings. The molecule has 0 aliphatic carbocycles. The van der Waals surface area contributed by atoms with Gasteiger partial charge in [0.05, 0.1) is 0 Å². The minimum Gasteiger partial charge on any atom is -0.324 e. The normalized spacial score (nSPS) is 11.7. The molecule has 1 atom stereocenters. The van der Waals surface area contributed by atoms with Gasteiger partial charge in [-0.25, -0.2) is 0 Å². The topological polar surface area (TPSA) is 26.0 Å². The van der Waals surface area contributed by atoms with Crippen LogP contribution in [0.4, 0.5) is 0 Å². The van der Waals surface area contributed by atoms with Crippen LogP contribution in [0, 0.1) is 11.8 Å². The first-order valence-electron chi connectivity index (χ1n) is 4.75. The Hall–Kier alpha value is -0.680. The number of halogens is 2. The molecule has 3 heteroatoms. The van der Waals surface area contributed by atoms with Gasteiger partial charge in [-0.15, -0.1) is 11.8 Å². The summed E-state index contributed by atoms with van der Waals surface area (Å²) in [7, 11) is 0. The molecule has 1 nitrogen and oxygen atoms in total. The summed E-state index contributed by atoms with van der Waals surface area (Å²) in [5.74, 6) is 5.81. The van der Waals surface area contributed by atoms with E-state index in [2.05, 4.69) is 11.8 Å². The molecule has 15 heavy (non-hydrogen) atoms. The summed E-state index contributed by atoms with van der Waals surface area (Å²) in [5.41, 5.74) is 6.89. The second kappa shape index (κ2) is 6.02. The highest BCUT2D eigenvalue weighted by Crippen LogP contribution is 2.27. The van der Waals surface area contributed by atoms with E-state index in [0.717, 1.165) is 18.4 Å². The number of rotatable bonds is 3. The molecule has 1 rings (SSSR count). The SMILES string of the molecule is CC#CCCC(N)c1cc(Cl)ccc1Cl. The molecular weight excluding hydrogens is 229 g/mol. The number of benzene rings is 1. The third-order valence-corrected chi connectivity index (χ3v) is 2.69. The number of hydrogen-bond donors (Lipinski definition) is 1. The van der Waals surface area contributed by atoms with Crippen LogP contribution in [-0.2, 0) is 0 Å². The zero-order chi connectivity index (χ0) is 11.3. The van der Waals surface area contributed by atoms with Crippen molar-refractivity contribution in [2.75, 3.05) is 0 Å². The van der Waals surface area contributed by atoms with Crippen LogP contribution >= 0.6 is 23.2 Å². The van der Waals surface area contributed by atoms with Gasteiger partial charge in [0.1, 0.15) is 0 Å². The Morgan fingerprint density at radius 3 is 2.80 bits per heavy atom. The van der Waals surface area contributed by atoms with Crippen LogP contribution in [0.25, 0.3) is 0 Å². The maximum absolute atomic E-state index is 6.03. The first kappa shape index (κ1) is 12.4. The van der Waals surface area contributed by atoms with Crippen molar-refractivity contribution >= 4 is 23.2 Å². The molecule has 0 aromatic heterocycles. The van der Waals surface area contributed by atoms with E-state index in [1.165, 1.54) is 0 Å². The van der Waals surface area contributed by atoms with E-state index in [0.29, 0.717) is 10.0 Å². The van der Waals surface area contributed by atoms with Gasteiger partial charge in [0, 0.05) is 22.5 Å². The van der Waals surface area contributed by atoms with Gasteiger partial charge in [-0.2, -0.15) is 0 Å². The van der Waals surface area contributed by atoms with Crippen molar-refractivity contribution in [3.8, 4) is 11.8 Å². The fourth-order valence-corrected chi connectivity index (χ4v) is 1.75. The molecule has 1 aromatic rings. The molecule has 80 valence electrons. The Morgan fingerprint density at radius 1 is 1.40 bits per heavy atom. The molecule has 0 amide bonds. The lowest BCUT2D eigenvalue weighted by atomic mass is 10.0. The summed E-state index contributed by atoms with van der Waals surface area (Å²) >= 11 is 11.9. The molecule has 2 N–H and O–H groups in total. The van der Waals surface area contributed by atoms with Gasteiger partial charge >= 0.3 is 0 Å². The number of nitrogens with two attached hydrogens (primary N) is 1. The molecule has 1 unspecified atom stereocenters. The largest absolute Gasteiger partial charge is 0.324 e. The van der Waals surface area contributed by atoms with Crippen molar-refractivity contribution in [1.82, 2.24) is 0 Å². The van der Waals surface area contributed by atoms with E-state index in [9.17, 15) is 0 Å². The zero-order valence-corrected chi connectivity index (χ0v) is 10.1. The van der Waals surface area contributed by atoms with Crippen molar-refractivity contribution < 1.29 is 0 Å². The maximum Gasteiger partial charge on any atom is 0.0454 e. The lowest BCUT2D eigenvalue weighted by Crippen LogP contribution is -2.10.